The third-order valence-electron chi connectivity index (χ3n) is 3.44. The molecule has 0 aliphatic heterocycles. The van der Waals surface area contributed by atoms with Crippen LogP contribution in [-0.2, 0) is 16.0 Å². The predicted molar refractivity (Wildman–Crippen MR) is 87.4 cm³/mol. The first-order chi connectivity index (χ1) is 10.9. The van der Waals surface area contributed by atoms with E-state index in [1.807, 2.05) is 12.1 Å². The second-order valence-corrected chi connectivity index (χ2v) is 5.65. The third kappa shape index (κ3) is 4.35. The molecule has 0 spiro atoms. The maximum absolute atomic E-state index is 12.1. The van der Waals surface area contributed by atoms with Crippen molar-refractivity contribution in [1.82, 2.24) is 20.2 Å². The van der Waals surface area contributed by atoms with Crippen LogP contribution < -0.4 is 5.32 Å². The summed E-state index contributed by atoms with van der Waals surface area (Å²) in [6, 6.07) is 4.78. The first-order valence-electron chi connectivity index (χ1n) is 7.14. The molecule has 1 atom stereocenters. The average Bonchev–Trinajstić information content (AvgIpc) is 2.93. The van der Waals surface area contributed by atoms with Crippen molar-refractivity contribution in [3.05, 3.63) is 29.0 Å². The van der Waals surface area contributed by atoms with E-state index in [0.29, 0.717) is 18.0 Å². The molecule has 8 heteroatoms. The van der Waals surface area contributed by atoms with Crippen molar-refractivity contribution in [2.24, 2.45) is 0 Å². The number of ether oxygens (including phenoxy) is 1. The van der Waals surface area contributed by atoms with Gasteiger partial charge in [0.1, 0.15) is 11.9 Å². The number of amides is 2. The molecule has 0 saturated carbocycles. The van der Waals surface area contributed by atoms with Gasteiger partial charge in [-0.3, -0.25) is 4.79 Å². The van der Waals surface area contributed by atoms with Crippen LogP contribution in [0, 0.1) is 0 Å². The van der Waals surface area contributed by atoms with E-state index < -0.39 is 12.1 Å². The number of halogens is 1. The van der Waals surface area contributed by atoms with Gasteiger partial charge in [-0.05, 0) is 25.1 Å². The number of nitrogens with zero attached hydrogens (tertiary/aromatic N) is 2. The lowest BCUT2D eigenvalue weighted by atomic mass is 10.3. The summed E-state index contributed by atoms with van der Waals surface area (Å²) in [5, 5.41) is 3.09. The lowest BCUT2D eigenvalue weighted by molar-refractivity contribution is -0.131. The van der Waals surface area contributed by atoms with Crippen LogP contribution in [0.5, 0.6) is 0 Å². The number of carbonyl (C=O) groups excluding carboxylic acids is 2. The minimum Gasteiger partial charge on any atom is -0.453 e. The smallest absolute Gasteiger partial charge is 0.407 e. The van der Waals surface area contributed by atoms with Crippen LogP contribution >= 0.6 is 11.6 Å². The maximum Gasteiger partial charge on any atom is 0.407 e. The Morgan fingerprint density at radius 2 is 2.22 bits per heavy atom. The predicted octanol–water partition coefficient (Wildman–Crippen LogP) is 1.96. The Bertz CT molecular complexity index is 716. The molecule has 1 heterocycles. The van der Waals surface area contributed by atoms with Crippen LogP contribution in [0.25, 0.3) is 11.0 Å². The second kappa shape index (κ2) is 7.32. The minimum atomic E-state index is -0.651. The summed E-state index contributed by atoms with van der Waals surface area (Å²) in [5.41, 5.74) is 1.70. The van der Waals surface area contributed by atoms with Crippen LogP contribution in [-0.4, -0.2) is 53.6 Å². The summed E-state index contributed by atoms with van der Waals surface area (Å²) in [5.74, 6) is 0.574. The van der Waals surface area contributed by atoms with Gasteiger partial charge in [0, 0.05) is 25.0 Å². The molecule has 0 aliphatic rings. The number of nitrogens with one attached hydrogen (secondary N) is 2. The summed E-state index contributed by atoms with van der Waals surface area (Å²) < 4.78 is 4.48. The van der Waals surface area contributed by atoms with Gasteiger partial charge in [0.05, 0.1) is 18.1 Å². The minimum absolute atomic E-state index is 0.199. The number of hydrogen-bond acceptors (Lipinski definition) is 4. The third-order valence-corrected chi connectivity index (χ3v) is 3.68. The molecule has 124 valence electrons. The quantitative estimate of drug-likeness (QED) is 0.872. The van der Waals surface area contributed by atoms with E-state index in [9.17, 15) is 9.59 Å². The Hall–Kier alpha value is -2.28. The highest BCUT2D eigenvalue weighted by Gasteiger charge is 2.19. The summed E-state index contributed by atoms with van der Waals surface area (Å²) in [4.78, 5) is 32.4. The lowest BCUT2D eigenvalue weighted by Gasteiger charge is -2.21. The van der Waals surface area contributed by atoms with Crippen LogP contribution in [0.15, 0.2) is 18.2 Å². The van der Waals surface area contributed by atoms with Crippen LogP contribution in [0.3, 0.4) is 0 Å². The Morgan fingerprint density at radius 3 is 2.91 bits per heavy atom. The molecule has 0 unspecified atom stereocenters. The topological polar surface area (TPSA) is 87.3 Å². The highest BCUT2D eigenvalue weighted by Crippen LogP contribution is 2.17. The monoisotopic (exact) mass is 338 g/mol. The van der Waals surface area contributed by atoms with Crippen molar-refractivity contribution in [2.45, 2.75) is 19.4 Å². The van der Waals surface area contributed by atoms with Crippen molar-refractivity contribution in [3.8, 4) is 0 Å². The summed E-state index contributed by atoms with van der Waals surface area (Å²) in [6.07, 6.45) is -0.0622. The zero-order valence-electron chi connectivity index (χ0n) is 13.2. The molecule has 1 aromatic heterocycles. The van der Waals surface area contributed by atoms with Gasteiger partial charge in [-0.1, -0.05) is 11.6 Å². The zero-order valence-corrected chi connectivity index (χ0v) is 14.0. The normalized spacial score (nSPS) is 12.0. The largest absolute Gasteiger partial charge is 0.453 e. The maximum atomic E-state index is 12.1. The molecule has 1 aromatic carbocycles. The number of fused-ring (bicyclic) bond motifs is 1. The zero-order chi connectivity index (χ0) is 17.0. The summed E-state index contributed by atoms with van der Waals surface area (Å²) in [6.45, 7) is 2.08. The van der Waals surface area contributed by atoms with E-state index in [4.69, 9.17) is 11.6 Å². The SMILES string of the molecule is COC(=O)N[C@@H](C)C(=O)N(C)CCc1nc2ccc(Cl)cc2[nH]1. The standard InChI is InChI=1S/C15H19ClN4O3/c1-9(17-15(22)23-3)14(21)20(2)7-6-13-18-11-5-4-10(16)8-12(11)19-13/h4-5,8-9H,6-7H2,1-3H3,(H,17,22)(H,18,19)/t9-/m0/s1. The van der Waals surface area contributed by atoms with E-state index >= 15 is 0 Å². The summed E-state index contributed by atoms with van der Waals surface area (Å²) in [7, 11) is 2.93. The number of aromatic nitrogens is 2. The molecule has 0 aliphatic carbocycles. The molecule has 0 saturated heterocycles. The molecular weight excluding hydrogens is 320 g/mol. The van der Waals surface area contributed by atoms with Gasteiger partial charge in [0.2, 0.25) is 5.91 Å². The van der Waals surface area contributed by atoms with Crippen molar-refractivity contribution in [2.75, 3.05) is 20.7 Å². The number of likely N-dealkylation sites (N-methyl/N-ethyl adjacent to an activating group) is 1. The van der Waals surface area contributed by atoms with Crippen LogP contribution in [0.4, 0.5) is 4.79 Å². The molecule has 7 nitrogen and oxygen atoms in total. The van der Waals surface area contributed by atoms with Gasteiger partial charge < -0.3 is 19.9 Å². The Balaban J connectivity index is 1.93. The van der Waals surface area contributed by atoms with Crippen LogP contribution in [0.2, 0.25) is 5.02 Å². The number of hydrogen-bond donors (Lipinski definition) is 2. The number of imidazole rings is 1. The average molecular weight is 339 g/mol. The Morgan fingerprint density at radius 1 is 1.48 bits per heavy atom. The van der Waals surface area contributed by atoms with Gasteiger partial charge in [-0.25, -0.2) is 9.78 Å². The van der Waals surface area contributed by atoms with E-state index in [2.05, 4.69) is 20.0 Å². The highest BCUT2D eigenvalue weighted by molar-refractivity contribution is 6.31. The molecule has 2 aromatic rings. The number of rotatable bonds is 5. The number of alkyl carbamates (subject to hydrolysis) is 1. The van der Waals surface area contributed by atoms with Gasteiger partial charge in [0.25, 0.3) is 0 Å². The first-order valence-corrected chi connectivity index (χ1v) is 7.52. The molecule has 0 fully saturated rings. The number of benzene rings is 1. The van der Waals surface area contributed by atoms with Crippen molar-refractivity contribution >= 4 is 34.6 Å². The fraction of sp³-hybridized carbons (Fsp3) is 0.400. The van der Waals surface area contributed by atoms with Crippen molar-refractivity contribution in [3.63, 3.8) is 0 Å². The number of aromatic amines is 1. The molecule has 2 rings (SSSR count). The molecule has 2 N–H and O–H groups in total. The molecule has 0 bridgehead atoms. The van der Waals surface area contributed by atoms with Gasteiger partial charge in [-0.15, -0.1) is 0 Å². The first kappa shape index (κ1) is 17.1. The fourth-order valence-electron chi connectivity index (χ4n) is 2.16. The molecule has 23 heavy (non-hydrogen) atoms. The second-order valence-electron chi connectivity index (χ2n) is 5.21. The molecular formula is C15H19ClN4O3. The van der Waals surface area contributed by atoms with Gasteiger partial charge >= 0.3 is 6.09 Å². The van der Waals surface area contributed by atoms with E-state index in [1.165, 1.54) is 7.11 Å². The Labute approximate surface area is 139 Å². The van der Waals surface area contributed by atoms with E-state index in [1.54, 1.807) is 24.9 Å². The number of carbonyl (C=O) groups is 2. The van der Waals surface area contributed by atoms with E-state index in [-0.39, 0.29) is 5.91 Å². The van der Waals surface area contributed by atoms with Crippen molar-refractivity contribution in [1.29, 1.82) is 0 Å². The number of H-pyrrole nitrogens is 1. The highest BCUT2D eigenvalue weighted by atomic mass is 35.5. The van der Waals surface area contributed by atoms with Crippen LogP contribution in [0.1, 0.15) is 12.7 Å². The Kier molecular flexibility index (Phi) is 5.44. The molecule has 2 amide bonds. The lowest BCUT2D eigenvalue weighted by Crippen LogP contribution is -2.46. The molecule has 0 radical (unpaired) electrons. The van der Waals surface area contributed by atoms with Crippen molar-refractivity contribution < 1.29 is 14.3 Å². The van der Waals surface area contributed by atoms with Gasteiger partial charge in [-0.2, -0.15) is 0 Å². The van der Waals surface area contributed by atoms with E-state index in [0.717, 1.165) is 16.9 Å². The number of methoxy groups -OCH3 is 1. The van der Waals surface area contributed by atoms with Gasteiger partial charge in [0.15, 0.2) is 0 Å². The fourth-order valence-corrected chi connectivity index (χ4v) is 2.34. The summed E-state index contributed by atoms with van der Waals surface area (Å²) >= 11 is 5.94.